The number of carbonyl (C=O) groups excluding carboxylic acids is 4. The molecule has 51 heavy (non-hydrogen) atoms. The molecule has 0 bridgehead atoms. The van der Waals surface area contributed by atoms with E-state index < -0.39 is 11.9 Å². The third-order valence-corrected chi connectivity index (χ3v) is 10.7. The number of rotatable bonds is 15. The molecule has 4 aliphatic rings. The van der Waals surface area contributed by atoms with Gasteiger partial charge in [0.15, 0.2) is 0 Å². The van der Waals surface area contributed by atoms with Crippen molar-refractivity contribution in [1.82, 2.24) is 25.1 Å². The average molecular weight is 715 g/mol. The van der Waals surface area contributed by atoms with Crippen LogP contribution in [0.2, 0.25) is 0 Å². The fraction of sp³-hybridized carbons (Fsp3) is 0.722. The first-order valence-electron chi connectivity index (χ1n) is 18.5. The highest BCUT2D eigenvalue weighted by Gasteiger charge is 2.45. The van der Waals surface area contributed by atoms with E-state index in [-0.39, 0.29) is 47.5 Å². The van der Waals surface area contributed by atoms with Gasteiger partial charge in [0.25, 0.3) is 0 Å². The Morgan fingerprint density at radius 1 is 0.765 bits per heavy atom. The van der Waals surface area contributed by atoms with Crippen molar-refractivity contribution in [3.8, 4) is 0 Å². The van der Waals surface area contributed by atoms with Crippen molar-refractivity contribution in [1.29, 1.82) is 0 Å². The third kappa shape index (κ3) is 12.5. The molecular weight excluding hydrogens is 660 g/mol. The van der Waals surface area contributed by atoms with Crippen LogP contribution in [-0.2, 0) is 33.5 Å². The number of hydrogen-bond acceptors (Lipinski definition) is 11. The zero-order chi connectivity index (χ0) is 36.7. The quantitative estimate of drug-likeness (QED) is 0.104. The molecule has 1 aromatic heterocycles. The number of unbranched alkanes of at least 4 members (excludes halogenated alkanes) is 2. The van der Waals surface area contributed by atoms with Gasteiger partial charge in [0.2, 0.25) is 23.7 Å². The number of aromatic nitrogens is 2. The molecule has 2 aliphatic heterocycles. The number of amides is 3. The highest BCUT2D eigenvalue weighted by atomic mass is 16.5. The molecule has 2 saturated heterocycles. The van der Waals surface area contributed by atoms with E-state index in [1.54, 1.807) is 12.4 Å². The summed E-state index contributed by atoms with van der Waals surface area (Å²) < 4.78 is 5.56. The Hall–Kier alpha value is -4.14. The van der Waals surface area contributed by atoms with Gasteiger partial charge < -0.3 is 25.2 Å². The van der Waals surface area contributed by atoms with Gasteiger partial charge in [-0.15, -0.1) is 0 Å². The number of anilines is 1. The lowest BCUT2D eigenvalue weighted by molar-refractivity contribution is -0.159. The Balaban J connectivity index is 0.000000894. The highest BCUT2D eigenvalue weighted by molar-refractivity contribution is 6.27. The molecule has 3 heterocycles. The summed E-state index contributed by atoms with van der Waals surface area (Å²) in [7, 11) is 0. The maximum Gasteiger partial charge on any atom is 0.414 e. The fourth-order valence-corrected chi connectivity index (χ4v) is 7.94. The highest BCUT2D eigenvalue weighted by Crippen LogP contribution is 2.47. The lowest BCUT2D eigenvalue weighted by Crippen LogP contribution is -2.47. The maximum absolute atomic E-state index is 12.9. The van der Waals surface area contributed by atoms with E-state index >= 15 is 0 Å². The molecule has 0 atom stereocenters. The van der Waals surface area contributed by atoms with Crippen molar-refractivity contribution in [2.45, 2.75) is 103 Å². The van der Waals surface area contributed by atoms with Gasteiger partial charge in [-0.05, 0) is 74.8 Å². The molecule has 2 aliphatic carbocycles. The number of carboxylic acids is 2. The number of likely N-dealkylation sites (tertiary alicyclic amines) is 1. The summed E-state index contributed by atoms with van der Waals surface area (Å²) in [6.45, 7) is 6.16. The topological polar surface area (TPSA) is 200 Å². The lowest BCUT2D eigenvalue weighted by atomic mass is 9.76. The van der Waals surface area contributed by atoms with Crippen LogP contribution in [0.1, 0.15) is 103 Å². The zero-order valence-corrected chi connectivity index (χ0v) is 29.7. The Bertz CT molecular complexity index is 1310. The molecule has 0 radical (unpaired) electrons. The van der Waals surface area contributed by atoms with E-state index in [1.807, 2.05) is 6.07 Å². The second-order valence-electron chi connectivity index (χ2n) is 14.5. The molecule has 282 valence electrons. The van der Waals surface area contributed by atoms with Crippen molar-refractivity contribution in [2.75, 3.05) is 57.3 Å². The summed E-state index contributed by atoms with van der Waals surface area (Å²) >= 11 is 0. The minimum Gasteiger partial charge on any atom is -0.473 e. The van der Waals surface area contributed by atoms with Gasteiger partial charge in [0.05, 0.1) is 13.0 Å². The molecule has 0 unspecified atom stereocenters. The van der Waals surface area contributed by atoms with E-state index in [9.17, 15) is 19.2 Å². The molecule has 1 aromatic rings. The molecule has 3 N–H and O–H groups in total. The molecule has 15 nitrogen and oxygen atoms in total. The second kappa shape index (κ2) is 19.5. The van der Waals surface area contributed by atoms with E-state index in [2.05, 4.69) is 25.1 Å². The summed E-state index contributed by atoms with van der Waals surface area (Å²) in [4.78, 5) is 83.9. The summed E-state index contributed by atoms with van der Waals surface area (Å²) in [6.07, 6.45) is 16.4. The predicted octanol–water partition coefficient (Wildman–Crippen LogP) is 3.02. The summed E-state index contributed by atoms with van der Waals surface area (Å²) in [5, 5.41) is 17.9. The molecule has 1 spiro atoms. The number of carbonyl (C=O) groups is 6. The number of ether oxygens (including phenoxy) is 1. The number of esters is 1. The molecule has 3 amide bonds. The zero-order valence-electron chi connectivity index (χ0n) is 29.7. The Morgan fingerprint density at radius 2 is 1.35 bits per heavy atom. The normalized spacial score (nSPS) is 19.8. The Labute approximate surface area is 299 Å². The van der Waals surface area contributed by atoms with Crippen LogP contribution in [0, 0.1) is 10.8 Å². The first-order valence-corrected chi connectivity index (χ1v) is 18.5. The number of nitrogens with one attached hydrogen (secondary N) is 1. The van der Waals surface area contributed by atoms with Gasteiger partial charge in [-0.3, -0.25) is 29.0 Å². The number of imide groups is 1. The summed E-state index contributed by atoms with van der Waals surface area (Å²) in [5.41, 5.74) is -0.393. The van der Waals surface area contributed by atoms with Crippen LogP contribution in [0.5, 0.6) is 0 Å². The SMILES string of the molecule is O=C(CC1(CC(=O)OCCCCN2C(=O)CC3(CCCC3)CC2=O)CCCC1)NCCCCN1CCN(c2ncccn2)CC1.O=C(O)C(=O)O. The molecular formula is C36H54N6O9. The lowest BCUT2D eigenvalue weighted by Gasteiger charge is -2.37. The van der Waals surface area contributed by atoms with Gasteiger partial charge in [-0.25, -0.2) is 19.6 Å². The molecule has 15 heteroatoms. The van der Waals surface area contributed by atoms with Crippen molar-refractivity contribution >= 4 is 41.6 Å². The third-order valence-electron chi connectivity index (χ3n) is 10.7. The minimum atomic E-state index is -1.82. The summed E-state index contributed by atoms with van der Waals surface area (Å²) in [5.74, 6) is -3.16. The van der Waals surface area contributed by atoms with Gasteiger partial charge in [-0.1, -0.05) is 25.7 Å². The second-order valence-corrected chi connectivity index (χ2v) is 14.5. The fourth-order valence-electron chi connectivity index (χ4n) is 7.94. The van der Waals surface area contributed by atoms with Crippen molar-refractivity contribution < 1.29 is 43.7 Å². The number of carboxylic acid groups (broad SMARTS) is 2. The standard InChI is InChI=1S/C34H52N6O5.C2H2O4/c41-28(35-14-5-6-17-38-19-21-39(22-20-38)32-36-15-9-16-37-32)24-33(10-1-2-11-33)27-31(44)45-23-8-7-18-40-29(42)25-34(26-30(40)43)12-3-4-13-34;3-1(4)2(5)6/h9,15-16H,1-8,10-14,17-27H2,(H,35,41);(H,3,4)(H,5,6). The molecule has 2 saturated carbocycles. The van der Waals surface area contributed by atoms with E-state index in [0.29, 0.717) is 45.2 Å². The number of aliphatic carboxylic acids is 2. The van der Waals surface area contributed by atoms with Gasteiger partial charge >= 0.3 is 17.9 Å². The van der Waals surface area contributed by atoms with Gasteiger partial charge in [0.1, 0.15) is 0 Å². The van der Waals surface area contributed by atoms with Crippen molar-refractivity contribution in [3.63, 3.8) is 0 Å². The minimum absolute atomic E-state index is 0.0245. The monoisotopic (exact) mass is 714 g/mol. The summed E-state index contributed by atoms with van der Waals surface area (Å²) in [6, 6.07) is 1.83. The number of hydrogen-bond donors (Lipinski definition) is 3. The Kier molecular flexibility index (Phi) is 15.1. The number of piperazine rings is 1. The average Bonchev–Trinajstić information content (AvgIpc) is 3.75. The van der Waals surface area contributed by atoms with Gasteiger partial charge in [-0.2, -0.15) is 0 Å². The van der Waals surface area contributed by atoms with Crippen LogP contribution in [0.15, 0.2) is 18.5 Å². The number of piperidine rings is 1. The maximum atomic E-state index is 12.9. The van der Waals surface area contributed by atoms with Crippen LogP contribution in [-0.4, -0.2) is 118 Å². The van der Waals surface area contributed by atoms with Crippen LogP contribution in [0.4, 0.5) is 5.95 Å². The van der Waals surface area contributed by atoms with E-state index in [4.69, 9.17) is 24.5 Å². The first kappa shape index (κ1) is 39.6. The van der Waals surface area contributed by atoms with E-state index in [1.165, 1.54) is 4.90 Å². The van der Waals surface area contributed by atoms with Crippen molar-refractivity contribution in [3.05, 3.63) is 18.5 Å². The molecule has 0 aromatic carbocycles. The van der Waals surface area contributed by atoms with Crippen molar-refractivity contribution in [2.24, 2.45) is 10.8 Å². The van der Waals surface area contributed by atoms with Crippen LogP contribution < -0.4 is 10.2 Å². The first-order chi connectivity index (χ1) is 24.5. The number of nitrogens with zero attached hydrogens (tertiary/aromatic N) is 5. The molecule has 4 fully saturated rings. The smallest absolute Gasteiger partial charge is 0.414 e. The Morgan fingerprint density at radius 3 is 1.96 bits per heavy atom. The van der Waals surface area contributed by atoms with Crippen LogP contribution in [0.3, 0.4) is 0 Å². The van der Waals surface area contributed by atoms with Crippen LogP contribution >= 0.6 is 0 Å². The van der Waals surface area contributed by atoms with E-state index in [0.717, 1.165) is 103 Å². The van der Waals surface area contributed by atoms with Crippen LogP contribution in [0.25, 0.3) is 0 Å². The largest absolute Gasteiger partial charge is 0.473 e. The molecule has 5 rings (SSSR count). The van der Waals surface area contributed by atoms with Gasteiger partial charge in [0, 0.05) is 70.9 Å². The predicted molar refractivity (Wildman–Crippen MR) is 185 cm³/mol.